The number of amides is 1. The van der Waals surface area contributed by atoms with Crippen molar-refractivity contribution in [3.8, 4) is 0 Å². The van der Waals surface area contributed by atoms with Crippen molar-refractivity contribution in [3.05, 3.63) is 69.6 Å². The Bertz CT molecular complexity index is 706. The molecule has 0 unspecified atom stereocenters. The van der Waals surface area contributed by atoms with Crippen molar-refractivity contribution < 1.29 is 4.79 Å². The van der Waals surface area contributed by atoms with Crippen LogP contribution in [0.1, 0.15) is 40.4 Å². The fourth-order valence-corrected chi connectivity index (χ4v) is 2.92. The molecule has 0 saturated carbocycles. The molecule has 1 aliphatic rings. The van der Waals surface area contributed by atoms with Gasteiger partial charge in [0.1, 0.15) is 0 Å². The summed E-state index contributed by atoms with van der Waals surface area (Å²) in [4.78, 5) is 28.8. The highest BCUT2D eigenvalue weighted by Gasteiger charge is 2.30. The molecule has 1 amide bonds. The second-order valence-corrected chi connectivity index (χ2v) is 5.47. The van der Waals surface area contributed by atoms with Crippen LogP contribution < -0.4 is 5.56 Å². The lowest BCUT2D eigenvalue weighted by atomic mass is 10.0. The SMILES string of the molecule is Cc1cc([C@@H]2CCCN2C(=O)c2ccccc2)c[nH]c1=O. The normalized spacial score (nSPS) is 18.0. The molecule has 2 aromatic rings. The van der Waals surface area contributed by atoms with Crippen LogP contribution in [-0.2, 0) is 0 Å². The topological polar surface area (TPSA) is 53.2 Å². The molecule has 0 spiro atoms. The number of hydrogen-bond donors (Lipinski definition) is 1. The van der Waals surface area contributed by atoms with Gasteiger partial charge in [-0.15, -0.1) is 0 Å². The molecule has 4 heteroatoms. The van der Waals surface area contributed by atoms with Gasteiger partial charge in [-0.25, -0.2) is 0 Å². The van der Waals surface area contributed by atoms with Crippen molar-refractivity contribution in [3.63, 3.8) is 0 Å². The van der Waals surface area contributed by atoms with Crippen molar-refractivity contribution in [2.24, 2.45) is 0 Å². The van der Waals surface area contributed by atoms with Crippen LogP contribution in [0.5, 0.6) is 0 Å². The van der Waals surface area contributed by atoms with Crippen molar-refractivity contribution in [1.82, 2.24) is 9.88 Å². The molecule has 108 valence electrons. The Balaban J connectivity index is 1.90. The molecule has 2 heterocycles. The van der Waals surface area contributed by atoms with E-state index in [1.165, 1.54) is 0 Å². The summed E-state index contributed by atoms with van der Waals surface area (Å²) in [6.45, 7) is 2.55. The van der Waals surface area contributed by atoms with Crippen LogP contribution in [0.25, 0.3) is 0 Å². The summed E-state index contributed by atoms with van der Waals surface area (Å²) in [5, 5.41) is 0. The third-order valence-corrected chi connectivity index (χ3v) is 4.03. The van der Waals surface area contributed by atoms with Crippen LogP contribution in [0.2, 0.25) is 0 Å². The molecule has 21 heavy (non-hydrogen) atoms. The zero-order chi connectivity index (χ0) is 14.8. The number of benzene rings is 1. The Labute approximate surface area is 123 Å². The number of nitrogens with zero attached hydrogens (tertiary/aromatic N) is 1. The fourth-order valence-electron chi connectivity index (χ4n) is 2.92. The smallest absolute Gasteiger partial charge is 0.254 e. The van der Waals surface area contributed by atoms with E-state index in [0.29, 0.717) is 11.1 Å². The highest BCUT2D eigenvalue weighted by atomic mass is 16.2. The van der Waals surface area contributed by atoms with Gasteiger partial charge in [0.15, 0.2) is 0 Å². The maximum absolute atomic E-state index is 12.6. The van der Waals surface area contributed by atoms with Gasteiger partial charge in [0, 0.05) is 23.9 Å². The van der Waals surface area contributed by atoms with Gasteiger partial charge >= 0.3 is 0 Å². The quantitative estimate of drug-likeness (QED) is 0.920. The average molecular weight is 282 g/mol. The number of aryl methyl sites for hydroxylation is 1. The number of carbonyl (C=O) groups excluding carboxylic acids is 1. The summed E-state index contributed by atoms with van der Waals surface area (Å²) < 4.78 is 0. The maximum atomic E-state index is 12.6. The van der Waals surface area contributed by atoms with E-state index in [9.17, 15) is 9.59 Å². The van der Waals surface area contributed by atoms with Crippen molar-refractivity contribution in [2.75, 3.05) is 6.54 Å². The zero-order valence-corrected chi connectivity index (χ0v) is 12.0. The predicted molar refractivity (Wildman–Crippen MR) is 81.3 cm³/mol. The summed E-state index contributed by atoms with van der Waals surface area (Å²) in [7, 11) is 0. The van der Waals surface area contributed by atoms with Crippen LogP contribution in [0.3, 0.4) is 0 Å². The predicted octanol–water partition coefficient (Wildman–Crippen LogP) is 2.66. The molecule has 1 saturated heterocycles. The maximum Gasteiger partial charge on any atom is 0.254 e. The standard InChI is InChI=1S/C17H18N2O2/c1-12-10-14(11-18-16(12)20)15-8-5-9-19(15)17(21)13-6-3-2-4-7-13/h2-4,6-7,10-11,15H,5,8-9H2,1H3,(H,18,20)/t15-/m0/s1. The number of aromatic nitrogens is 1. The summed E-state index contributed by atoms with van der Waals surface area (Å²) in [6.07, 6.45) is 3.65. The van der Waals surface area contributed by atoms with Gasteiger partial charge in [0.25, 0.3) is 11.5 Å². The van der Waals surface area contributed by atoms with Crippen LogP contribution >= 0.6 is 0 Å². The van der Waals surface area contributed by atoms with E-state index >= 15 is 0 Å². The molecule has 0 aliphatic carbocycles. The molecule has 4 nitrogen and oxygen atoms in total. The number of nitrogens with one attached hydrogen (secondary N) is 1. The molecule has 1 aliphatic heterocycles. The second kappa shape index (κ2) is 5.56. The third kappa shape index (κ3) is 2.61. The van der Waals surface area contributed by atoms with Crippen molar-refractivity contribution >= 4 is 5.91 Å². The van der Waals surface area contributed by atoms with Gasteiger partial charge in [-0.05, 0) is 43.5 Å². The van der Waals surface area contributed by atoms with Gasteiger partial charge < -0.3 is 9.88 Å². The van der Waals surface area contributed by atoms with Gasteiger partial charge in [-0.3, -0.25) is 9.59 Å². The van der Waals surface area contributed by atoms with E-state index in [4.69, 9.17) is 0 Å². The molecule has 1 N–H and O–H groups in total. The Kier molecular flexibility index (Phi) is 3.60. The van der Waals surface area contributed by atoms with Gasteiger partial charge in [0.2, 0.25) is 0 Å². The molecular formula is C17H18N2O2. The van der Waals surface area contributed by atoms with E-state index in [0.717, 1.165) is 24.9 Å². The zero-order valence-electron chi connectivity index (χ0n) is 12.0. The number of likely N-dealkylation sites (tertiary alicyclic amines) is 1. The monoisotopic (exact) mass is 282 g/mol. The third-order valence-electron chi connectivity index (χ3n) is 4.03. The van der Waals surface area contributed by atoms with E-state index in [-0.39, 0.29) is 17.5 Å². The number of pyridine rings is 1. The first-order valence-corrected chi connectivity index (χ1v) is 7.22. The Morgan fingerprint density at radius 3 is 2.76 bits per heavy atom. The minimum atomic E-state index is -0.0716. The van der Waals surface area contributed by atoms with Crippen molar-refractivity contribution in [1.29, 1.82) is 0 Å². The molecular weight excluding hydrogens is 264 g/mol. The highest BCUT2D eigenvalue weighted by Crippen LogP contribution is 2.32. The number of rotatable bonds is 2. The first-order chi connectivity index (χ1) is 10.2. The van der Waals surface area contributed by atoms with Crippen LogP contribution in [-0.4, -0.2) is 22.3 Å². The summed E-state index contributed by atoms with van der Waals surface area (Å²) in [6, 6.07) is 11.3. The molecule has 1 atom stereocenters. The fraction of sp³-hybridized carbons (Fsp3) is 0.294. The summed E-state index contributed by atoms with van der Waals surface area (Å²) in [5.41, 5.74) is 2.34. The minimum Gasteiger partial charge on any atom is -0.332 e. The Hall–Kier alpha value is -2.36. The molecule has 0 bridgehead atoms. The Morgan fingerprint density at radius 1 is 1.29 bits per heavy atom. The average Bonchev–Trinajstić information content (AvgIpc) is 2.99. The number of carbonyl (C=O) groups is 1. The van der Waals surface area contributed by atoms with E-state index < -0.39 is 0 Å². The first kappa shape index (κ1) is 13.6. The van der Waals surface area contributed by atoms with Gasteiger partial charge in [0.05, 0.1) is 6.04 Å². The van der Waals surface area contributed by atoms with Crippen LogP contribution in [0.15, 0.2) is 47.4 Å². The molecule has 1 fully saturated rings. The largest absolute Gasteiger partial charge is 0.332 e. The highest BCUT2D eigenvalue weighted by molar-refractivity contribution is 5.94. The molecule has 0 radical (unpaired) electrons. The number of H-pyrrole nitrogens is 1. The van der Waals surface area contributed by atoms with Gasteiger partial charge in [-0.2, -0.15) is 0 Å². The Morgan fingerprint density at radius 2 is 2.05 bits per heavy atom. The lowest BCUT2D eigenvalue weighted by molar-refractivity contribution is 0.0735. The molecule has 1 aromatic heterocycles. The van der Waals surface area contributed by atoms with E-state index in [1.54, 1.807) is 13.1 Å². The summed E-state index contributed by atoms with van der Waals surface area (Å²) >= 11 is 0. The van der Waals surface area contributed by atoms with Crippen LogP contribution in [0.4, 0.5) is 0 Å². The second-order valence-electron chi connectivity index (χ2n) is 5.47. The van der Waals surface area contributed by atoms with Gasteiger partial charge in [-0.1, -0.05) is 18.2 Å². The van der Waals surface area contributed by atoms with E-state index in [1.807, 2.05) is 41.3 Å². The van der Waals surface area contributed by atoms with E-state index in [2.05, 4.69) is 4.98 Å². The molecule has 3 rings (SSSR count). The van der Waals surface area contributed by atoms with Crippen LogP contribution in [0, 0.1) is 6.92 Å². The lowest BCUT2D eigenvalue weighted by Crippen LogP contribution is -2.31. The number of aromatic amines is 1. The minimum absolute atomic E-state index is 0.0493. The number of hydrogen-bond acceptors (Lipinski definition) is 2. The summed E-state index contributed by atoms with van der Waals surface area (Å²) in [5.74, 6) is 0.0574. The van der Waals surface area contributed by atoms with Crippen molar-refractivity contribution in [2.45, 2.75) is 25.8 Å². The lowest BCUT2D eigenvalue weighted by Gasteiger charge is -2.25. The molecule has 1 aromatic carbocycles. The first-order valence-electron chi connectivity index (χ1n) is 7.22.